The molecule has 0 aliphatic carbocycles. The van der Waals surface area contributed by atoms with Crippen molar-refractivity contribution in [1.29, 1.82) is 0 Å². The van der Waals surface area contributed by atoms with Crippen molar-refractivity contribution in [2.75, 3.05) is 0 Å². The summed E-state index contributed by atoms with van der Waals surface area (Å²) in [5.74, 6) is 0.231. The Morgan fingerprint density at radius 2 is 1.56 bits per heavy atom. The van der Waals surface area contributed by atoms with E-state index in [1.807, 2.05) is 48.5 Å². The molecule has 1 aliphatic heterocycles. The van der Waals surface area contributed by atoms with Crippen LogP contribution in [0.25, 0.3) is 0 Å². The fraction of sp³-hybridized carbons (Fsp3) is 0.857. The van der Waals surface area contributed by atoms with Crippen LogP contribution in [-0.2, 0) is 9.59 Å². The molecule has 2 unspecified atom stereocenters. The zero-order chi connectivity index (χ0) is 14.2. The summed E-state index contributed by atoms with van der Waals surface area (Å²) < 4.78 is 0. The smallest absolute Gasteiger partial charge is 0.246 e. The van der Waals surface area contributed by atoms with Crippen molar-refractivity contribution in [3.05, 3.63) is 0 Å². The number of amides is 2. The third kappa shape index (κ3) is 2.68. The summed E-state index contributed by atoms with van der Waals surface area (Å²) in [6.45, 7) is 13.8. The number of carbonyl (C=O) groups is 2. The van der Waals surface area contributed by atoms with Crippen LogP contribution >= 0.6 is 0 Å². The number of hydrogen-bond donors (Lipinski definition) is 1. The van der Waals surface area contributed by atoms with Gasteiger partial charge in [-0.2, -0.15) is 0 Å². The second-order valence-corrected chi connectivity index (χ2v) is 6.80. The molecule has 1 N–H and O–H groups in total. The topological polar surface area (TPSA) is 49.4 Å². The fourth-order valence-corrected chi connectivity index (χ4v) is 2.51. The summed E-state index contributed by atoms with van der Waals surface area (Å²) in [6.07, 6.45) is 0. The zero-order valence-corrected chi connectivity index (χ0v) is 12.6. The first-order valence-corrected chi connectivity index (χ1v) is 6.71. The number of piperazine rings is 1. The van der Waals surface area contributed by atoms with Crippen LogP contribution < -0.4 is 5.32 Å². The zero-order valence-electron chi connectivity index (χ0n) is 12.6. The van der Waals surface area contributed by atoms with E-state index in [9.17, 15) is 9.59 Å². The van der Waals surface area contributed by atoms with Gasteiger partial charge in [0.15, 0.2) is 0 Å². The molecule has 18 heavy (non-hydrogen) atoms. The molecule has 1 heterocycles. The average Bonchev–Trinajstić information content (AvgIpc) is 2.17. The van der Waals surface area contributed by atoms with Crippen LogP contribution in [0.15, 0.2) is 0 Å². The van der Waals surface area contributed by atoms with Crippen molar-refractivity contribution in [2.45, 2.75) is 66.1 Å². The molecule has 2 atom stereocenters. The molecule has 0 aromatic carbocycles. The van der Waals surface area contributed by atoms with Crippen LogP contribution in [0, 0.1) is 11.8 Å². The Morgan fingerprint density at radius 1 is 1.06 bits per heavy atom. The first kappa shape index (κ1) is 15.0. The van der Waals surface area contributed by atoms with Gasteiger partial charge in [-0.1, -0.05) is 27.7 Å². The van der Waals surface area contributed by atoms with Crippen molar-refractivity contribution in [1.82, 2.24) is 10.2 Å². The van der Waals surface area contributed by atoms with Gasteiger partial charge in [0.2, 0.25) is 11.8 Å². The molecule has 4 heteroatoms. The van der Waals surface area contributed by atoms with Gasteiger partial charge in [-0.15, -0.1) is 0 Å². The first-order chi connectivity index (χ1) is 8.07. The van der Waals surface area contributed by atoms with Crippen molar-refractivity contribution in [2.24, 2.45) is 11.8 Å². The van der Waals surface area contributed by atoms with Crippen LogP contribution in [0.3, 0.4) is 0 Å². The van der Waals surface area contributed by atoms with Gasteiger partial charge in [0.1, 0.15) is 12.1 Å². The monoisotopic (exact) mass is 254 g/mol. The highest BCUT2D eigenvalue weighted by molar-refractivity contribution is 5.97. The van der Waals surface area contributed by atoms with Crippen molar-refractivity contribution < 1.29 is 9.59 Å². The molecule has 0 radical (unpaired) electrons. The van der Waals surface area contributed by atoms with Gasteiger partial charge < -0.3 is 10.2 Å². The van der Waals surface area contributed by atoms with Gasteiger partial charge in [-0.3, -0.25) is 9.59 Å². The molecule has 0 saturated carbocycles. The minimum absolute atomic E-state index is 0.0294. The van der Waals surface area contributed by atoms with Gasteiger partial charge in [-0.25, -0.2) is 0 Å². The summed E-state index contributed by atoms with van der Waals surface area (Å²) >= 11 is 0. The summed E-state index contributed by atoms with van der Waals surface area (Å²) in [5.41, 5.74) is -0.336. The summed E-state index contributed by atoms with van der Waals surface area (Å²) in [4.78, 5) is 26.6. The van der Waals surface area contributed by atoms with Crippen molar-refractivity contribution in [3.63, 3.8) is 0 Å². The molecule has 0 bridgehead atoms. The highest BCUT2D eigenvalue weighted by atomic mass is 16.2. The maximum atomic E-state index is 12.6. The normalized spacial score (nSPS) is 25.9. The highest BCUT2D eigenvalue weighted by Crippen LogP contribution is 2.27. The van der Waals surface area contributed by atoms with E-state index in [1.165, 1.54) is 0 Å². The number of nitrogens with zero attached hydrogens (tertiary/aromatic N) is 1. The van der Waals surface area contributed by atoms with Crippen molar-refractivity contribution in [3.8, 4) is 0 Å². The lowest BCUT2D eigenvalue weighted by atomic mass is 9.88. The van der Waals surface area contributed by atoms with Crippen LogP contribution in [0.4, 0.5) is 0 Å². The Kier molecular flexibility index (Phi) is 4.08. The molecule has 104 valence electrons. The minimum atomic E-state index is -0.397. The van der Waals surface area contributed by atoms with E-state index in [2.05, 4.69) is 5.32 Å². The van der Waals surface area contributed by atoms with E-state index in [-0.39, 0.29) is 35.2 Å². The Labute approximate surface area is 110 Å². The largest absolute Gasteiger partial charge is 0.342 e. The molecule has 2 amide bonds. The lowest BCUT2D eigenvalue weighted by molar-refractivity contribution is -0.158. The molecule has 0 aromatic rings. The van der Waals surface area contributed by atoms with Gasteiger partial charge in [0.05, 0.1) is 0 Å². The molecular formula is C14H26N2O2. The summed E-state index contributed by atoms with van der Waals surface area (Å²) in [7, 11) is 0. The maximum absolute atomic E-state index is 12.6. The van der Waals surface area contributed by atoms with Crippen LogP contribution in [0.2, 0.25) is 0 Å². The summed E-state index contributed by atoms with van der Waals surface area (Å²) in [6, 6.07) is -0.765. The first-order valence-electron chi connectivity index (χ1n) is 6.71. The molecule has 1 aliphatic rings. The van der Waals surface area contributed by atoms with Gasteiger partial charge in [0.25, 0.3) is 0 Å². The number of carbonyl (C=O) groups excluding carboxylic acids is 2. The summed E-state index contributed by atoms with van der Waals surface area (Å²) in [5, 5.41) is 2.87. The lowest BCUT2D eigenvalue weighted by Crippen LogP contribution is -2.70. The van der Waals surface area contributed by atoms with Crippen LogP contribution in [0.5, 0.6) is 0 Å². The number of hydrogen-bond acceptors (Lipinski definition) is 2. The molecule has 1 saturated heterocycles. The molecule has 1 fully saturated rings. The predicted molar refractivity (Wildman–Crippen MR) is 72.0 cm³/mol. The Hall–Kier alpha value is -1.06. The third-order valence-electron chi connectivity index (χ3n) is 3.37. The van der Waals surface area contributed by atoms with E-state index in [0.717, 1.165) is 0 Å². The van der Waals surface area contributed by atoms with Gasteiger partial charge in [-0.05, 0) is 32.6 Å². The SMILES string of the molecule is CC(C)C1NC(=O)C(C(C)C)N(C(C)(C)C)C1=O. The van der Waals surface area contributed by atoms with E-state index >= 15 is 0 Å². The molecule has 0 aromatic heterocycles. The second-order valence-electron chi connectivity index (χ2n) is 6.80. The van der Waals surface area contributed by atoms with Crippen molar-refractivity contribution >= 4 is 11.8 Å². The van der Waals surface area contributed by atoms with Crippen LogP contribution in [0.1, 0.15) is 48.5 Å². The van der Waals surface area contributed by atoms with E-state index in [4.69, 9.17) is 0 Å². The second kappa shape index (κ2) is 4.90. The van der Waals surface area contributed by atoms with E-state index < -0.39 is 6.04 Å². The maximum Gasteiger partial charge on any atom is 0.246 e. The third-order valence-corrected chi connectivity index (χ3v) is 3.37. The van der Waals surface area contributed by atoms with E-state index in [1.54, 1.807) is 4.90 Å². The molecule has 4 nitrogen and oxygen atoms in total. The van der Waals surface area contributed by atoms with Gasteiger partial charge in [0, 0.05) is 5.54 Å². The Bertz CT molecular complexity index is 342. The quantitative estimate of drug-likeness (QED) is 0.817. The van der Waals surface area contributed by atoms with Gasteiger partial charge >= 0.3 is 0 Å². The molecular weight excluding hydrogens is 228 g/mol. The van der Waals surface area contributed by atoms with E-state index in [0.29, 0.717) is 0 Å². The molecule has 1 rings (SSSR count). The Balaban J connectivity index is 3.18. The predicted octanol–water partition coefficient (Wildman–Crippen LogP) is 1.79. The standard InChI is InChI=1S/C14H26N2O2/c1-8(2)10-13(18)16(14(5,6)7)11(9(3)4)12(17)15-10/h8-11H,1-7H3,(H,15,17). The highest BCUT2D eigenvalue weighted by Gasteiger charge is 2.47. The Morgan fingerprint density at radius 3 is 1.89 bits per heavy atom. The number of nitrogens with one attached hydrogen (secondary N) is 1. The number of rotatable bonds is 2. The molecule has 0 spiro atoms. The minimum Gasteiger partial charge on any atom is -0.342 e. The van der Waals surface area contributed by atoms with Crippen LogP contribution in [-0.4, -0.2) is 34.3 Å². The lowest BCUT2D eigenvalue weighted by Gasteiger charge is -2.48. The fourth-order valence-electron chi connectivity index (χ4n) is 2.51. The average molecular weight is 254 g/mol.